The van der Waals surface area contributed by atoms with Gasteiger partial charge in [0.25, 0.3) is 0 Å². The van der Waals surface area contributed by atoms with Gasteiger partial charge in [-0.05, 0) is 49.4 Å². The lowest BCUT2D eigenvalue weighted by atomic mass is 10.0. The van der Waals surface area contributed by atoms with Crippen LogP contribution in [0.5, 0.6) is 5.75 Å². The summed E-state index contributed by atoms with van der Waals surface area (Å²) in [5.74, 6) is 0.603. The quantitative estimate of drug-likeness (QED) is 0.769. The van der Waals surface area contributed by atoms with Gasteiger partial charge in [-0.15, -0.1) is 0 Å². The third-order valence-corrected chi connectivity index (χ3v) is 3.15. The predicted molar refractivity (Wildman–Crippen MR) is 77.5 cm³/mol. The van der Waals surface area contributed by atoms with E-state index in [4.69, 9.17) is 27.9 Å². The Morgan fingerprint density at radius 1 is 1.11 bits per heavy atom. The van der Waals surface area contributed by atoms with Crippen LogP contribution < -0.4 is 4.74 Å². The van der Waals surface area contributed by atoms with Gasteiger partial charge in [0.2, 0.25) is 0 Å². The number of rotatable bonds is 4. The second kappa shape index (κ2) is 6.09. The number of hydrogen-bond donors (Lipinski definition) is 0. The van der Waals surface area contributed by atoms with E-state index >= 15 is 0 Å². The molecule has 2 aromatic rings. The van der Waals surface area contributed by atoms with Gasteiger partial charge in [-0.3, -0.25) is 4.79 Å². The van der Waals surface area contributed by atoms with Gasteiger partial charge in [-0.2, -0.15) is 0 Å². The summed E-state index contributed by atoms with van der Waals surface area (Å²) in [6, 6.07) is 11.8. The van der Waals surface area contributed by atoms with Gasteiger partial charge < -0.3 is 4.74 Å². The Hall–Kier alpha value is -1.51. The summed E-state index contributed by atoms with van der Waals surface area (Å²) >= 11 is 11.8. The third kappa shape index (κ3) is 3.28. The SMILES string of the molecule is CCOc1ccc(C(=O)c2ccc(Cl)cc2Cl)cc1. The summed E-state index contributed by atoms with van der Waals surface area (Å²) in [5, 5.41) is 0.861. The van der Waals surface area contributed by atoms with Crippen LogP contribution in [0.1, 0.15) is 22.8 Å². The van der Waals surface area contributed by atoms with E-state index < -0.39 is 0 Å². The molecular weight excluding hydrogens is 283 g/mol. The van der Waals surface area contributed by atoms with Gasteiger partial charge in [0, 0.05) is 16.1 Å². The van der Waals surface area contributed by atoms with Gasteiger partial charge in [0.05, 0.1) is 11.6 Å². The second-order valence-electron chi connectivity index (χ2n) is 3.91. The minimum Gasteiger partial charge on any atom is -0.494 e. The first kappa shape index (κ1) is 13.9. The molecule has 0 amide bonds. The standard InChI is InChI=1S/C15H12Cl2O2/c1-2-19-12-6-3-10(4-7-12)15(18)13-8-5-11(16)9-14(13)17/h3-9H,2H2,1H3. The molecule has 0 atom stereocenters. The third-order valence-electron chi connectivity index (χ3n) is 2.60. The summed E-state index contributed by atoms with van der Waals surface area (Å²) in [7, 11) is 0. The molecule has 0 aliphatic heterocycles. The summed E-state index contributed by atoms with van der Waals surface area (Å²) < 4.78 is 5.33. The lowest BCUT2D eigenvalue weighted by Crippen LogP contribution is -2.02. The van der Waals surface area contributed by atoms with Gasteiger partial charge in [0.1, 0.15) is 5.75 Å². The molecule has 19 heavy (non-hydrogen) atoms. The molecule has 0 saturated carbocycles. The van der Waals surface area contributed by atoms with Crippen LogP contribution >= 0.6 is 23.2 Å². The zero-order valence-corrected chi connectivity index (χ0v) is 11.8. The maximum Gasteiger partial charge on any atom is 0.194 e. The zero-order valence-electron chi connectivity index (χ0n) is 10.3. The van der Waals surface area contributed by atoms with E-state index in [2.05, 4.69) is 0 Å². The zero-order chi connectivity index (χ0) is 13.8. The number of hydrogen-bond acceptors (Lipinski definition) is 2. The Balaban J connectivity index is 2.28. The van der Waals surface area contributed by atoms with Crippen LogP contribution in [0.3, 0.4) is 0 Å². The van der Waals surface area contributed by atoms with Crippen LogP contribution in [-0.2, 0) is 0 Å². The minimum absolute atomic E-state index is 0.135. The fraction of sp³-hybridized carbons (Fsp3) is 0.133. The van der Waals surface area contributed by atoms with Gasteiger partial charge >= 0.3 is 0 Å². The molecule has 0 aromatic heterocycles. The Kier molecular flexibility index (Phi) is 4.46. The Labute approximate surface area is 121 Å². The molecule has 0 N–H and O–H groups in total. The van der Waals surface area contributed by atoms with Crippen molar-refractivity contribution in [3.8, 4) is 5.75 Å². The van der Waals surface area contributed by atoms with Crippen molar-refractivity contribution in [1.29, 1.82) is 0 Å². The number of halogens is 2. The maximum atomic E-state index is 12.3. The molecule has 98 valence electrons. The second-order valence-corrected chi connectivity index (χ2v) is 4.75. The van der Waals surface area contributed by atoms with Crippen LogP contribution in [0, 0.1) is 0 Å². The van der Waals surface area contributed by atoms with E-state index in [0.29, 0.717) is 27.8 Å². The first-order chi connectivity index (χ1) is 9.11. The predicted octanol–water partition coefficient (Wildman–Crippen LogP) is 4.62. The highest BCUT2D eigenvalue weighted by Gasteiger charge is 2.13. The van der Waals surface area contributed by atoms with Crippen LogP contribution in [0.2, 0.25) is 10.0 Å². The average molecular weight is 295 g/mol. The molecule has 2 nitrogen and oxygen atoms in total. The molecule has 0 aliphatic rings. The first-order valence-corrected chi connectivity index (χ1v) is 6.60. The summed E-state index contributed by atoms with van der Waals surface area (Å²) in [6.07, 6.45) is 0. The number of carbonyl (C=O) groups excluding carboxylic acids is 1. The lowest BCUT2D eigenvalue weighted by molar-refractivity contribution is 0.103. The van der Waals surface area contributed by atoms with Crippen molar-refractivity contribution in [2.75, 3.05) is 6.61 Å². The molecular formula is C15H12Cl2O2. The van der Waals surface area contributed by atoms with Gasteiger partial charge in [-0.25, -0.2) is 0 Å². The molecule has 4 heteroatoms. The molecule has 2 aromatic carbocycles. The Morgan fingerprint density at radius 3 is 2.37 bits per heavy atom. The van der Waals surface area contributed by atoms with E-state index in [1.54, 1.807) is 42.5 Å². The largest absolute Gasteiger partial charge is 0.494 e. The first-order valence-electron chi connectivity index (χ1n) is 5.84. The maximum absolute atomic E-state index is 12.3. The minimum atomic E-state index is -0.135. The molecule has 2 rings (SSSR count). The number of ketones is 1. The van der Waals surface area contributed by atoms with Gasteiger partial charge in [-0.1, -0.05) is 23.2 Å². The highest BCUT2D eigenvalue weighted by molar-refractivity contribution is 6.37. The average Bonchev–Trinajstić information content (AvgIpc) is 2.39. The Morgan fingerprint density at radius 2 is 1.79 bits per heavy atom. The van der Waals surface area contributed by atoms with Crippen molar-refractivity contribution < 1.29 is 9.53 Å². The van der Waals surface area contributed by atoms with Crippen molar-refractivity contribution in [2.45, 2.75) is 6.92 Å². The van der Waals surface area contributed by atoms with Crippen molar-refractivity contribution in [3.63, 3.8) is 0 Å². The summed E-state index contributed by atoms with van der Waals surface area (Å²) in [4.78, 5) is 12.3. The van der Waals surface area contributed by atoms with E-state index in [0.717, 1.165) is 5.75 Å². The summed E-state index contributed by atoms with van der Waals surface area (Å²) in [6.45, 7) is 2.50. The van der Waals surface area contributed by atoms with Crippen LogP contribution in [0.25, 0.3) is 0 Å². The smallest absolute Gasteiger partial charge is 0.194 e. The highest BCUT2D eigenvalue weighted by Crippen LogP contribution is 2.24. The summed E-state index contributed by atoms with van der Waals surface area (Å²) in [5.41, 5.74) is 1.00. The van der Waals surface area contributed by atoms with Crippen LogP contribution in [0.4, 0.5) is 0 Å². The van der Waals surface area contributed by atoms with Crippen molar-refractivity contribution in [3.05, 3.63) is 63.6 Å². The molecule has 0 fully saturated rings. The molecule has 0 radical (unpaired) electrons. The van der Waals surface area contributed by atoms with Crippen LogP contribution in [-0.4, -0.2) is 12.4 Å². The number of benzene rings is 2. The molecule has 0 bridgehead atoms. The van der Waals surface area contributed by atoms with Crippen molar-refractivity contribution in [2.24, 2.45) is 0 Å². The Bertz CT molecular complexity index is 592. The van der Waals surface area contributed by atoms with Crippen LogP contribution in [0.15, 0.2) is 42.5 Å². The number of ether oxygens (including phenoxy) is 1. The molecule has 0 heterocycles. The highest BCUT2D eigenvalue weighted by atomic mass is 35.5. The number of carbonyl (C=O) groups is 1. The van der Waals surface area contributed by atoms with Crippen molar-refractivity contribution >= 4 is 29.0 Å². The molecule has 0 spiro atoms. The molecule has 0 aliphatic carbocycles. The van der Waals surface area contributed by atoms with E-state index in [-0.39, 0.29) is 5.78 Å². The monoisotopic (exact) mass is 294 g/mol. The van der Waals surface area contributed by atoms with E-state index in [1.807, 2.05) is 6.92 Å². The molecule has 0 saturated heterocycles. The lowest BCUT2D eigenvalue weighted by Gasteiger charge is -2.06. The van der Waals surface area contributed by atoms with E-state index in [1.165, 1.54) is 0 Å². The van der Waals surface area contributed by atoms with Gasteiger partial charge in [0.15, 0.2) is 5.78 Å². The normalized spacial score (nSPS) is 10.3. The topological polar surface area (TPSA) is 26.3 Å². The van der Waals surface area contributed by atoms with Crippen molar-refractivity contribution in [1.82, 2.24) is 0 Å². The van der Waals surface area contributed by atoms with E-state index in [9.17, 15) is 4.79 Å². The fourth-order valence-corrected chi connectivity index (χ4v) is 2.19. The fourth-order valence-electron chi connectivity index (χ4n) is 1.70. The molecule has 0 unspecified atom stereocenters.